The normalized spacial score (nSPS) is 10.6. The van der Waals surface area contributed by atoms with Crippen LogP contribution in [-0.2, 0) is 4.79 Å². The van der Waals surface area contributed by atoms with Gasteiger partial charge in [-0.1, -0.05) is 30.7 Å². The number of amides is 1. The SMILES string of the molecule is CCC(=O)N(c1nc(-c2ccc(Cl)cc2)c(C)s1)c1cc(OC)ccc1OC. The van der Waals surface area contributed by atoms with E-state index in [1.54, 1.807) is 37.3 Å². The first-order valence-electron chi connectivity index (χ1n) is 8.76. The molecule has 5 nitrogen and oxygen atoms in total. The van der Waals surface area contributed by atoms with Crippen LogP contribution in [0.3, 0.4) is 0 Å². The summed E-state index contributed by atoms with van der Waals surface area (Å²) >= 11 is 7.46. The number of hydrogen-bond donors (Lipinski definition) is 0. The van der Waals surface area contributed by atoms with E-state index in [9.17, 15) is 4.79 Å². The Bertz CT molecular complexity index is 986. The molecule has 0 atom stereocenters. The molecular formula is C21H21ClN2O3S. The monoisotopic (exact) mass is 416 g/mol. The average molecular weight is 417 g/mol. The van der Waals surface area contributed by atoms with E-state index in [0.29, 0.717) is 33.8 Å². The fraction of sp³-hybridized carbons (Fsp3) is 0.238. The van der Waals surface area contributed by atoms with Crippen LogP contribution < -0.4 is 14.4 Å². The van der Waals surface area contributed by atoms with E-state index >= 15 is 0 Å². The Labute approximate surface area is 173 Å². The molecule has 146 valence electrons. The number of ether oxygens (including phenoxy) is 2. The second kappa shape index (κ2) is 8.63. The van der Waals surface area contributed by atoms with Crippen molar-refractivity contribution in [3.8, 4) is 22.8 Å². The van der Waals surface area contributed by atoms with Gasteiger partial charge in [-0.15, -0.1) is 11.3 Å². The van der Waals surface area contributed by atoms with Crippen molar-refractivity contribution in [1.82, 2.24) is 4.98 Å². The fourth-order valence-electron chi connectivity index (χ4n) is 2.83. The van der Waals surface area contributed by atoms with E-state index in [1.165, 1.54) is 11.3 Å². The van der Waals surface area contributed by atoms with Gasteiger partial charge in [0.15, 0.2) is 5.13 Å². The Morgan fingerprint density at radius 3 is 2.46 bits per heavy atom. The van der Waals surface area contributed by atoms with Crippen LogP contribution in [0.25, 0.3) is 11.3 Å². The summed E-state index contributed by atoms with van der Waals surface area (Å²) in [5.41, 5.74) is 2.38. The largest absolute Gasteiger partial charge is 0.497 e. The van der Waals surface area contributed by atoms with E-state index in [4.69, 9.17) is 26.1 Å². The van der Waals surface area contributed by atoms with Crippen LogP contribution in [0.2, 0.25) is 5.02 Å². The van der Waals surface area contributed by atoms with Crippen LogP contribution in [0.5, 0.6) is 11.5 Å². The topological polar surface area (TPSA) is 51.7 Å². The molecule has 0 fully saturated rings. The summed E-state index contributed by atoms with van der Waals surface area (Å²) in [6, 6.07) is 12.9. The molecule has 1 aromatic heterocycles. The molecule has 0 bridgehead atoms. The Morgan fingerprint density at radius 2 is 1.86 bits per heavy atom. The minimum Gasteiger partial charge on any atom is -0.497 e. The Balaban J connectivity index is 2.13. The molecule has 0 aliphatic carbocycles. The van der Waals surface area contributed by atoms with Crippen molar-refractivity contribution in [2.45, 2.75) is 20.3 Å². The lowest BCUT2D eigenvalue weighted by Crippen LogP contribution is -2.25. The molecule has 2 aromatic carbocycles. The summed E-state index contributed by atoms with van der Waals surface area (Å²) in [7, 11) is 3.16. The first kappa shape index (κ1) is 20.2. The number of hydrogen-bond acceptors (Lipinski definition) is 5. The van der Waals surface area contributed by atoms with Crippen molar-refractivity contribution in [1.29, 1.82) is 0 Å². The maximum atomic E-state index is 12.9. The molecule has 0 saturated heterocycles. The van der Waals surface area contributed by atoms with Gasteiger partial charge in [-0.25, -0.2) is 4.98 Å². The predicted molar refractivity (Wildman–Crippen MR) is 114 cm³/mol. The van der Waals surface area contributed by atoms with E-state index in [-0.39, 0.29) is 5.91 Å². The molecule has 0 spiro atoms. The van der Waals surface area contributed by atoms with Gasteiger partial charge < -0.3 is 9.47 Å². The molecule has 3 rings (SSSR count). The van der Waals surface area contributed by atoms with Gasteiger partial charge in [0.1, 0.15) is 11.5 Å². The highest BCUT2D eigenvalue weighted by Crippen LogP contribution is 2.41. The lowest BCUT2D eigenvalue weighted by Gasteiger charge is -2.22. The van der Waals surface area contributed by atoms with Gasteiger partial charge in [0.25, 0.3) is 0 Å². The summed E-state index contributed by atoms with van der Waals surface area (Å²) in [6.45, 7) is 3.81. The van der Waals surface area contributed by atoms with Crippen molar-refractivity contribution in [2.24, 2.45) is 0 Å². The number of carbonyl (C=O) groups is 1. The van der Waals surface area contributed by atoms with Gasteiger partial charge in [0.05, 0.1) is 25.6 Å². The molecule has 0 unspecified atom stereocenters. The van der Waals surface area contributed by atoms with Gasteiger partial charge in [0, 0.05) is 28.0 Å². The highest BCUT2D eigenvalue weighted by atomic mass is 35.5. The average Bonchev–Trinajstić information content (AvgIpc) is 3.09. The molecule has 0 aliphatic heterocycles. The number of methoxy groups -OCH3 is 2. The number of aryl methyl sites for hydroxylation is 1. The zero-order valence-corrected chi connectivity index (χ0v) is 17.7. The van der Waals surface area contributed by atoms with Gasteiger partial charge in [0.2, 0.25) is 5.91 Å². The number of anilines is 2. The lowest BCUT2D eigenvalue weighted by atomic mass is 10.1. The quantitative estimate of drug-likeness (QED) is 0.504. The van der Waals surface area contributed by atoms with Crippen molar-refractivity contribution in [3.05, 3.63) is 52.4 Å². The van der Waals surface area contributed by atoms with Crippen LogP contribution >= 0.6 is 22.9 Å². The fourth-order valence-corrected chi connectivity index (χ4v) is 3.92. The third kappa shape index (κ3) is 3.98. The predicted octanol–water partition coefficient (Wildman–Crippen LogP) is 5.86. The number of carbonyl (C=O) groups excluding carboxylic acids is 1. The molecule has 28 heavy (non-hydrogen) atoms. The van der Waals surface area contributed by atoms with Crippen LogP contribution in [-0.4, -0.2) is 25.1 Å². The van der Waals surface area contributed by atoms with Crippen LogP contribution in [0, 0.1) is 6.92 Å². The Morgan fingerprint density at radius 1 is 1.14 bits per heavy atom. The van der Waals surface area contributed by atoms with Crippen LogP contribution in [0.1, 0.15) is 18.2 Å². The Kier molecular flexibility index (Phi) is 6.21. The highest BCUT2D eigenvalue weighted by molar-refractivity contribution is 7.16. The third-order valence-electron chi connectivity index (χ3n) is 4.27. The third-order valence-corrected chi connectivity index (χ3v) is 5.48. The molecule has 1 heterocycles. The van der Waals surface area contributed by atoms with Crippen molar-refractivity contribution in [2.75, 3.05) is 19.1 Å². The first-order valence-corrected chi connectivity index (χ1v) is 9.96. The Hall–Kier alpha value is -2.57. The molecular weight excluding hydrogens is 396 g/mol. The minimum absolute atomic E-state index is 0.0806. The number of nitrogens with zero attached hydrogens (tertiary/aromatic N) is 2. The summed E-state index contributed by atoms with van der Waals surface area (Å²) in [4.78, 5) is 20.2. The van der Waals surface area contributed by atoms with Crippen LogP contribution in [0.15, 0.2) is 42.5 Å². The minimum atomic E-state index is -0.0806. The zero-order valence-electron chi connectivity index (χ0n) is 16.2. The second-order valence-electron chi connectivity index (χ2n) is 6.03. The molecule has 0 radical (unpaired) electrons. The number of halogens is 1. The molecule has 0 N–H and O–H groups in total. The van der Waals surface area contributed by atoms with Gasteiger partial charge >= 0.3 is 0 Å². The summed E-state index contributed by atoms with van der Waals surface area (Å²) in [6.07, 6.45) is 0.329. The molecule has 0 saturated carbocycles. The first-order chi connectivity index (χ1) is 13.5. The van der Waals surface area contributed by atoms with E-state index < -0.39 is 0 Å². The van der Waals surface area contributed by atoms with Gasteiger partial charge in [-0.2, -0.15) is 0 Å². The summed E-state index contributed by atoms with van der Waals surface area (Å²) < 4.78 is 10.8. The maximum absolute atomic E-state index is 12.9. The van der Waals surface area contributed by atoms with Crippen molar-refractivity contribution in [3.63, 3.8) is 0 Å². The zero-order chi connectivity index (χ0) is 20.3. The molecule has 1 amide bonds. The molecule has 3 aromatic rings. The maximum Gasteiger partial charge on any atom is 0.233 e. The van der Waals surface area contributed by atoms with Gasteiger partial charge in [-0.3, -0.25) is 9.69 Å². The van der Waals surface area contributed by atoms with Gasteiger partial charge in [-0.05, 0) is 31.2 Å². The van der Waals surface area contributed by atoms with E-state index in [2.05, 4.69) is 0 Å². The molecule has 0 aliphatic rings. The summed E-state index contributed by atoms with van der Waals surface area (Å²) in [5.74, 6) is 1.13. The lowest BCUT2D eigenvalue weighted by molar-refractivity contribution is -0.117. The number of thiazole rings is 1. The van der Waals surface area contributed by atoms with E-state index in [1.807, 2.05) is 38.1 Å². The smallest absolute Gasteiger partial charge is 0.233 e. The van der Waals surface area contributed by atoms with Crippen molar-refractivity contribution < 1.29 is 14.3 Å². The number of rotatable bonds is 6. The van der Waals surface area contributed by atoms with Crippen LogP contribution in [0.4, 0.5) is 10.8 Å². The molecule has 7 heteroatoms. The summed E-state index contributed by atoms with van der Waals surface area (Å²) in [5, 5.41) is 1.25. The van der Waals surface area contributed by atoms with Crippen molar-refractivity contribution >= 4 is 39.7 Å². The standard InChI is InChI=1S/C21H21ClN2O3S/c1-5-19(25)24(17-12-16(26-3)10-11-18(17)27-4)21-23-20(13(2)28-21)14-6-8-15(22)9-7-14/h6-12H,5H2,1-4H3. The highest BCUT2D eigenvalue weighted by Gasteiger charge is 2.25. The number of aromatic nitrogens is 1. The number of benzene rings is 2. The second-order valence-corrected chi connectivity index (χ2v) is 7.65. The van der Waals surface area contributed by atoms with E-state index in [0.717, 1.165) is 16.1 Å².